The zero-order chi connectivity index (χ0) is 15.1. The van der Waals surface area contributed by atoms with E-state index in [1.165, 1.54) is 0 Å². The van der Waals surface area contributed by atoms with E-state index in [1.807, 2.05) is 0 Å². The van der Waals surface area contributed by atoms with Crippen LogP contribution in [-0.4, -0.2) is 39.0 Å². The summed E-state index contributed by atoms with van der Waals surface area (Å²) >= 11 is 11.6. The van der Waals surface area contributed by atoms with Gasteiger partial charge in [-0.05, 0) is 32.4 Å². The minimum atomic E-state index is -0.709. The maximum Gasteiger partial charge on any atom is 0.417 e. The van der Waals surface area contributed by atoms with Crippen molar-refractivity contribution in [2.45, 2.75) is 32.8 Å². The van der Waals surface area contributed by atoms with Crippen molar-refractivity contribution in [2.75, 3.05) is 6.54 Å². The third-order valence-corrected chi connectivity index (χ3v) is 3.00. The molecule has 8 heteroatoms. The standard InChI is InChI=1S/C12H13Cl2N3O3/c1-12(2,3)20-11(19)17-5-4-6-7(9(17)18)8(13)16-10(14)15-6/h4-5H2,1-3H3. The molecule has 0 aliphatic carbocycles. The number of carbonyl (C=O) groups excluding carboxylic acids is 2. The average molecular weight is 318 g/mol. The molecule has 2 amide bonds. The highest BCUT2D eigenvalue weighted by atomic mass is 35.5. The zero-order valence-corrected chi connectivity index (χ0v) is 12.7. The molecule has 0 bridgehead atoms. The summed E-state index contributed by atoms with van der Waals surface area (Å²) in [6.45, 7) is 5.35. The van der Waals surface area contributed by atoms with Gasteiger partial charge < -0.3 is 4.74 Å². The summed E-state index contributed by atoms with van der Waals surface area (Å²) in [4.78, 5) is 33.0. The topological polar surface area (TPSA) is 72.4 Å². The summed E-state index contributed by atoms with van der Waals surface area (Å²) in [5.74, 6) is -0.567. The first-order chi connectivity index (χ1) is 9.19. The van der Waals surface area contributed by atoms with Gasteiger partial charge in [-0.25, -0.2) is 19.7 Å². The number of rotatable bonds is 0. The number of amides is 2. The minimum absolute atomic E-state index is 0.0210. The van der Waals surface area contributed by atoms with Crippen molar-refractivity contribution >= 4 is 35.2 Å². The van der Waals surface area contributed by atoms with Crippen LogP contribution in [0.2, 0.25) is 10.4 Å². The molecule has 1 aliphatic heterocycles. The molecule has 1 aliphatic rings. The Kier molecular flexibility index (Phi) is 3.88. The number of hydrogen-bond donors (Lipinski definition) is 0. The second-order valence-corrected chi connectivity index (χ2v) is 5.99. The van der Waals surface area contributed by atoms with E-state index in [-0.39, 0.29) is 22.5 Å². The van der Waals surface area contributed by atoms with Crippen LogP contribution in [0.5, 0.6) is 0 Å². The van der Waals surface area contributed by atoms with Crippen molar-refractivity contribution in [3.63, 3.8) is 0 Å². The molecule has 0 spiro atoms. The Morgan fingerprint density at radius 3 is 2.55 bits per heavy atom. The van der Waals surface area contributed by atoms with Gasteiger partial charge in [-0.3, -0.25) is 4.79 Å². The third kappa shape index (κ3) is 3.02. The van der Waals surface area contributed by atoms with Gasteiger partial charge in [-0.1, -0.05) is 11.6 Å². The van der Waals surface area contributed by atoms with Gasteiger partial charge in [-0.2, -0.15) is 0 Å². The van der Waals surface area contributed by atoms with Crippen LogP contribution in [0.1, 0.15) is 36.8 Å². The van der Waals surface area contributed by atoms with E-state index in [4.69, 9.17) is 27.9 Å². The van der Waals surface area contributed by atoms with E-state index in [0.29, 0.717) is 12.1 Å². The molecule has 1 aromatic rings. The van der Waals surface area contributed by atoms with E-state index < -0.39 is 17.6 Å². The summed E-state index contributed by atoms with van der Waals surface area (Å²) < 4.78 is 5.18. The van der Waals surface area contributed by atoms with Gasteiger partial charge in [0.05, 0.1) is 11.3 Å². The smallest absolute Gasteiger partial charge is 0.417 e. The molecule has 2 heterocycles. The van der Waals surface area contributed by atoms with Crippen molar-refractivity contribution in [3.8, 4) is 0 Å². The number of ether oxygens (including phenoxy) is 1. The summed E-state index contributed by atoms with van der Waals surface area (Å²) in [5, 5.41) is -0.0782. The van der Waals surface area contributed by atoms with E-state index in [0.717, 1.165) is 4.90 Å². The molecule has 0 unspecified atom stereocenters. The van der Waals surface area contributed by atoms with Gasteiger partial charge in [0.25, 0.3) is 5.91 Å². The van der Waals surface area contributed by atoms with E-state index >= 15 is 0 Å². The molecule has 0 fully saturated rings. The van der Waals surface area contributed by atoms with E-state index in [9.17, 15) is 9.59 Å². The SMILES string of the molecule is CC(C)(C)OC(=O)N1CCc2nc(Cl)nc(Cl)c2C1=O. The summed E-state index contributed by atoms with van der Waals surface area (Å²) in [5.41, 5.74) is -0.134. The number of halogens is 2. The van der Waals surface area contributed by atoms with Crippen molar-refractivity contribution in [3.05, 3.63) is 21.7 Å². The maximum atomic E-state index is 12.3. The Labute approximate surface area is 126 Å². The lowest BCUT2D eigenvalue weighted by atomic mass is 10.1. The first-order valence-corrected chi connectivity index (χ1v) is 6.71. The van der Waals surface area contributed by atoms with Crippen LogP contribution < -0.4 is 0 Å². The van der Waals surface area contributed by atoms with Crippen LogP contribution >= 0.6 is 23.2 Å². The van der Waals surface area contributed by atoms with Crippen LogP contribution in [-0.2, 0) is 11.2 Å². The van der Waals surface area contributed by atoms with Gasteiger partial charge in [0.2, 0.25) is 5.28 Å². The predicted octanol–water partition coefficient (Wildman–Crippen LogP) is 2.72. The lowest BCUT2D eigenvalue weighted by Gasteiger charge is -2.29. The van der Waals surface area contributed by atoms with Gasteiger partial charge >= 0.3 is 6.09 Å². The van der Waals surface area contributed by atoms with Gasteiger partial charge in [-0.15, -0.1) is 0 Å². The van der Waals surface area contributed by atoms with Crippen molar-refractivity contribution in [1.82, 2.24) is 14.9 Å². The molecule has 0 N–H and O–H groups in total. The fourth-order valence-corrected chi connectivity index (χ4v) is 2.29. The lowest BCUT2D eigenvalue weighted by molar-refractivity contribution is 0.0232. The van der Waals surface area contributed by atoms with Crippen LogP contribution in [0.3, 0.4) is 0 Å². The first-order valence-electron chi connectivity index (χ1n) is 5.96. The van der Waals surface area contributed by atoms with Crippen LogP contribution in [0.25, 0.3) is 0 Å². The Morgan fingerprint density at radius 1 is 1.30 bits per heavy atom. The summed E-state index contributed by atoms with van der Waals surface area (Å²) in [6.07, 6.45) is -0.346. The summed E-state index contributed by atoms with van der Waals surface area (Å²) in [7, 11) is 0. The maximum absolute atomic E-state index is 12.3. The van der Waals surface area contributed by atoms with Crippen LogP contribution in [0, 0.1) is 0 Å². The number of fused-ring (bicyclic) bond motifs is 1. The number of imide groups is 1. The van der Waals surface area contributed by atoms with Gasteiger partial charge in [0, 0.05) is 13.0 Å². The quantitative estimate of drug-likeness (QED) is 0.543. The molecule has 6 nitrogen and oxygen atoms in total. The lowest BCUT2D eigenvalue weighted by Crippen LogP contribution is -2.45. The Hall–Kier alpha value is -1.40. The van der Waals surface area contributed by atoms with Crippen molar-refractivity contribution in [1.29, 1.82) is 0 Å². The monoisotopic (exact) mass is 317 g/mol. The molecule has 108 valence electrons. The number of carbonyl (C=O) groups is 2. The largest absolute Gasteiger partial charge is 0.443 e. The Balaban J connectivity index is 2.30. The highest BCUT2D eigenvalue weighted by Crippen LogP contribution is 2.26. The molecule has 0 atom stereocenters. The summed E-state index contributed by atoms with van der Waals surface area (Å²) in [6, 6.07) is 0. The Bertz CT molecular complexity index is 584. The third-order valence-electron chi connectivity index (χ3n) is 2.56. The normalized spacial score (nSPS) is 15.1. The highest BCUT2D eigenvalue weighted by Gasteiger charge is 2.35. The van der Waals surface area contributed by atoms with E-state index in [2.05, 4.69) is 9.97 Å². The molecular weight excluding hydrogens is 305 g/mol. The molecule has 20 heavy (non-hydrogen) atoms. The van der Waals surface area contributed by atoms with Crippen molar-refractivity contribution < 1.29 is 14.3 Å². The molecule has 0 saturated heterocycles. The molecule has 2 rings (SSSR count). The molecule has 0 radical (unpaired) electrons. The zero-order valence-electron chi connectivity index (χ0n) is 11.2. The number of nitrogens with zero attached hydrogens (tertiary/aromatic N) is 3. The highest BCUT2D eigenvalue weighted by molar-refractivity contribution is 6.34. The predicted molar refractivity (Wildman–Crippen MR) is 73.0 cm³/mol. The number of hydrogen-bond acceptors (Lipinski definition) is 5. The van der Waals surface area contributed by atoms with Gasteiger partial charge in [0.15, 0.2) is 0 Å². The van der Waals surface area contributed by atoms with Gasteiger partial charge in [0.1, 0.15) is 10.8 Å². The second kappa shape index (κ2) is 5.18. The first kappa shape index (κ1) is 15.0. The van der Waals surface area contributed by atoms with Crippen LogP contribution in [0.15, 0.2) is 0 Å². The average Bonchev–Trinajstić information content (AvgIpc) is 2.25. The minimum Gasteiger partial charge on any atom is -0.443 e. The van der Waals surface area contributed by atoms with Crippen LogP contribution in [0.4, 0.5) is 4.79 Å². The molecular formula is C12H13Cl2N3O3. The van der Waals surface area contributed by atoms with E-state index in [1.54, 1.807) is 20.8 Å². The second-order valence-electron chi connectivity index (χ2n) is 5.29. The molecule has 0 saturated carbocycles. The fourth-order valence-electron chi connectivity index (χ4n) is 1.79. The molecule has 0 aromatic carbocycles. The number of aromatic nitrogens is 2. The Morgan fingerprint density at radius 2 is 1.95 bits per heavy atom. The fraction of sp³-hybridized carbons (Fsp3) is 0.500. The molecule has 1 aromatic heterocycles. The van der Waals surface area contributed by atoms with Crippen molar-refractivity contribution in [2.24, 2.45) is 0 Å².